The standard InChI is InChI=1S/C16H26N4O2/c1-3-14-13-11-20(10-7-15(13)18-17-14)12-5-8-19(9-6-12)16(21)22-4-2/h12H,3-11H2,1-2H3,(H,17,18). The number of aromatic amines is 1. The van der Waals surface area contributed by atoms with Gasteiger partial charge in [0.25, 0.3) is 0 Å². The maximum atomic E-state index is 11.8. The summed E-state index contributed by atoms with van der Waals surface area (Å²) in [6.07, 6.45) is 3.95. The minimum absolute atomic E-state index is 0.162. The topological polar surface area (TPSA) is 61.5 Å². The second kappa shape index (κ2) is 6.69. The van der Waals surface area contributed by atoms with Gasteiger partial charge in [0.15, 0.2) is 0 Å². The van der Waals surface area contributed by atoms with Crippen LogP contribution in [-0.2, 0) is 24.1 Å². The van der Waals surface area contributed by atoms with Crippen molar-refractivity contribution in [2.24, 2.45) is 0 Å². The molecule has 22 heavy (non-hydrogen) atoms. The molecule has 2 aliphatic heterocycles. The van der Waals surface area contributed by atoms with Crippen LogP contribution < -0.4 is 0 Å². The number of fused-ring (bicyclic) bond motifs is 1. The minimum atomic E-state index is -0.162. The van der Waals surface area contributed by atoms with Gasteiger partial charge in [-0.2, -0.15) is 5.10 Å². The fraction of sp³-hybridized carbons (Fsp3) is 0.750. The minimum Gasteiger partial charge on any atom is -0.450 e. The van der Waals surface area contributed by atoms with Gasteiger partial charge in [-0.1, -0.05) is 6.92 Å². The van der Waals surface area contributed by atoms with E-state index in [-0.39, 0.29) is 6.09 Å². The predicted molar refractivity (Wildman–Crippen MR) is 83.7 cm³/mol. The van der Waals surface area contributed by atoms with Crippen molar-refractivity contribution in [3.63, 3.8) is 0 Å². The van der Waals surface area contributed by atoms with Gasteiger partial charge in [-0.15, -0.1) is 0 Å². The molecule has 0 unspecified atom stereocenters. The summed E-state index contributed by atoms with van der Waals surface area (Å²) < 4.78 is 5.09. The number of aromatic nitrogens is 2. The van der Waals surface area contributed by atoms with Crippen LogP contribution in [0.15, 0.2) is 0 Å². The molecule has 0 aliphatic carbocycles. The van der Waals surface area contributed by atoms with Crippen LogP contribution in [0.2, 0.25) is 0 Å². The molecule has 6 heteroatoms. The molecule has 0 aromatic carbocycles. The summed E-state index contributed by atoms with van der Waals surface area (Å²) in [4.78, 5) is 16.2. The van der Waals surface area contributed by atoms with E-state index in [1.165, 1.54) is 17.0 Å². The number of carbonyl (C=O) groups excluding carboxylic acids is 1. The van der Waals surface area contributed by atoms with E-state index >= 15 is 0 Å². The lowest BCUT2D eigenvalue weighted by atomic mass is 9.98. The first kappa shape index (κ1) is 15.3. The van der Waals surface area contributed by atoms with E-state index in [2.05, 4.69) is 22.0 Å². The van der Waals surface area contributed by atoms with E-state index in [0.717, 1.165) is 51.9 Å². The molecule has 1 aromatic rings. The first-order valence-electron chi connectivity index (χ1n) is 8.43. The van der Waals surface area contributed by atoms with Crippen LogP contribution in [0.5, 0.6) is 0 Å². The molecule has 0 radical (unpaired) electrons. The van der Waals surface area contributed by atoms with Crippen LogP contribution in [0.3, 0.4) is 0 Å². The van der Waals surface area contributed by atoms with Gasteiger partial charge >= 0.3 is 6.09 Å². The van der Waals surface area contributed by atoms with Crippen LogP contribution in [0.4, 0.5) is 4.79 Å². The number of hydrogen-bond donors (Lipinski definition) is 1. The van der Waals surface area contributed by atoms with E-state index in [1.807, 2.05) is 11.8 Å². The molecule has 0 bridgehead atoms. The summed E-state index contributed by atoms with van der Waals surface area (Å²) in [5.74, 6) is 0. The summed E-state index contributed by atoms with van der Waals surface area (Å²) in [5, 5.41) is 7.62. The molecule has 1 N–H and O–H groups in total. The number of ether oxygens (including phenoxy) is 1. The van der Waals surface area contributed by atoms with Crippen LogP contribution in [0.1, 0.15) is 43.6 Å². The maximum absolute atomic E-state index is 11.8. The second-order valence-electron chi connectivity index (χ2n) is 6.12. The van der Waals surface area contributed by atoms with Crippen molar-refractivity contribution >= 4 is 6.09 Å². The number of piperidine rings is 1. The molecular formula is C16H26N4O2. The monoisotopic (exact) mass is 306 g/mol. The Balaban J connectivity index is 1.57. The van der Waals surface area contributed by atoms with Gasteiger partial charge in [0.1, 0.15) is 0 Å². The quantitative estimate of drug-likeness (QED) is 0.927. The largest absolute Gasteiger partial charge is 0.450 e. The third-order valence-electron chi connectivity index (χ3n) is 4.89. The zero-order valence-electron chi connectivity index (χ0n) is 13.6. The highest BCUT2D eigenvalue weighted by Crippen LogP contribution is 2.26. The molecule has 3 heterocycles. The van der Waals surface area contributed by atoms with E-state index in [1.54, 1.807) is 0 Å². The lowest BCUT2D eigenvalue weighted by molar-refractivity contribution is 0.0705. The molecule has 1 saturated heterocycles. The van der Waals surface area contributed by atoms with E-state index in [0.29, 0.717) is 12.6 Å². The summed E-state index contributed by atoms with van der Waals surface area (Å²) in [6.45, 7) is 8.16. The number of carbonyl (C=O) groups is 1. The van der Waals surface area contributed by atoms with Crippen molar-refractivity contribution in [1.29, 1.82) is 0 Å². The number of nitrogens with zero attached hydrogens (tertiary/aromatic N) is 3. The van der Waals surface area contributed by atoms with Crippen molar-refractivity contribution in [2.45, 2.75) is 52.1 Å². The van der Waals surface area contributed by atoms with Gasteiger partial charge in [-0.25, -0.2) is 4.79 Å². The van der Waals surface area contributed by atoms with Crippen molar-refractivity contribution < 1.29 is 9.53 Å². The number of nitrogens with one attached hydrogen (secondary N) is 1. The number of rotatable bonds is 3. The lowest BCUT2D eigenvalue weighted by Gasteiger charge is -2.39. The lowest BCUT2D eigenvalue weighted by Crippen LogP contribution is -2.48. The van der Waals surface area contributed by atoms with E-state index in [9.17, 15) is 4.79 Å². The van der Waals surface area contributed by atoms with Gasteiger partial charge in [0.05, 0.1) is 12.3 Å². The molecule has 6 nitrogen and oxygen atoms in total. The van der Waals surface area contributed by atoms with Crippen molar-refractivity contribution in [3.8, 4) is 0 Å². The Morgan fingerprint density at radius 2 is 2.09 bits per heavy atom. The van der Waals surface area contributed by atoms with E-state index in [4.69, 9.17) is 4.74 Å². The number of H-pyrrole nitrogens is 1. The third-order valence-corrected chi connectivity index (χ3v) is 4.89. The van der Waals surface area contributed by atoms with Gasteiger partial charge in [-0.3, -0.25) is 10.00 Å². The van der Waals surface area contributed by atoms with E-state index < -0.39 is 0 Å². The highest BCUT2D eigenvalue weighted by atomic mass is 16.6. The second-order valence-corrected chi connectivity index (χ2v) is 6.12. The average Bonchev–Trinajstić information content (AvgIpc) is 2.97. The SMILES string of the molecule is CCOC(=O)N1CCC(N2CCc3[nH]nc(CC)c3C2)CC1. The molecule has 0 saturated carbocycles. The van der Waals surface area contributed by atoms with Crippen molar-refractivity contribution in [3.05, 3.63) is 17.0 Å². The highest BCUT2D eigenvalue weighted by Gasteiger charge is 2.30. The smallest absolute Gasteiger partial charge is 0.409 e. The molecule has 1 amide bonds. The fourth-order valence-corrected chi connectivity index (χ4v) is 3.61. The predicted octanol–water partition coefficient (Wildman–Crippen LogP) is 1.95. The molecule has 122 valence electrons. The molecule has 3 rings (SSSR count). The van der Waals surface area contributed by atoms with Gasteiger partial charge in [0.2, 0.25) is 0 Å². The van der Waals surface area contributed by atoms with Crippen LogP contribution in [-0.4, -0.2) is 58.4 Å². The van der Waals surface area contributed by atoms with Gasteiger partial charge < -0.3 is 9.64 Å². The van der Waals surface area contributed by atoms with Gasteiger partial charge in [0, 0.05) is 49.9 Å². The van der Waals surface area contributed by atoms with Crippen molar-refractivity contribution in [2.75, 3.05) is 26.2 Å². The molecule has 0 spiro atoms. The molecule has 2 aliphatic rings. The molecule has 1 fully saturated rings. The summed E-state index contributed by atoms with van der Waals surface area (Å²) in [5.41, 5.74) is 3.93. The number of hydrogen-bond acceptors (Lipinski definition) is 4. The van der Waals surface area contributed by atoms with Crippen molar-refractivity contribution in [1.82, 2.24) is 20.0 Å². The Morgan fingerprint density at radius 3 is 2.77 bits per heavy atom. The zero-order chi connectivity index (χ0) is 15.5. The first-order valence-corrected chi connectivity index (χ1v) is 8.43. The third kappa shape index (κ3) is 2.97. The van der Waals surface area contributed by atoms with Crippen LogP contribution >= 0.6 is 0 Å². The summed E-state index contributed by atoms with van der Waals surface area (Å²) >= 11 is 0. The molecule has 0 atom stereocenters. The Kier molecular flexibility index (Phi) is 4.66. The number of likely N-dealkylation sites (tertiary alicyclic amines) is 1. The Bertz CT molecular complexity index is 507. The Labute approximate surface area is 131 Å². The number of amides is 1. The zero-order valence-corrected chi connectivity index (χ0v) is 13.6. The summed E-state index contributed by atoms with van der Waals surface area (Å²) in [7, 11) is 0. The van der Waals surface area contributed by atoms with Crippen LogP contribution in [0.25, 0.3) is 0 Å². The fourth-order valence-electron chi connectivity index (χ4n) is 3.61. The van der Waals surface area contributed by atoms with Crippen LogP contribution in [0, 0.1) is 0 Å². The Hall–Kier alpha value is -1.56. The molecule has 1 aromatic heterocycles. The maximum Gasteiger partial charge on any atom is 0.409 e. The number of aryl methyl sites for hydroxylation is 1. The highest BCUT2D eigenvalue weighted by molar-refractivity contribution is 5.67. The molecular weight excluding hydrogens is 280 g/mol. The van der Waals surface area contributed by atoms with Gasteiger partial charge in [-0.05, 0) is 26.2 Å². The average molecular weight is 306 g/mol. The summed E-state index contributed by atoms with van der Waals surface area (Å²) in [6, 6.07) is 0.568. The first-order chi connectivity index (χ1) is 10.7. The Morgan fingerprint density at radius 1 is 1.32 bits per heavy atom. The normalized spacial score (nSPS) is 20.0.